The third-order valence-electron chi connectivity index (χ3n) is 4.03. The number of hydrogen-bond donors (Lipinski definition) is 0. The topological polar surface area (TPSA) is 80.2 Å². The van der Waals surface area contributed by atoms with Gasteiger partial charge < -0.3 is 4.90 Å². The Labute approximate surface area is 151 Å². The summed E-state index contributed by atoms with van der Waals surface area (Å²) in [5.41, 5.74) is 0.987. The van der Waals surface area contributed by atoms with E-state index in [1.54, 1.807) is 23.4 Å². The summed E-state index contributed by atoms with van der Waals surface area (Å²) < 4.78 is 23.7. The van der Waals surface area contributed by atoms with E-state index in [9.17, 15) is 13.2 Å². The van der Waals surface area contributed by atoms with Crippen LogP contribution in [0.4, 0.5) is 0 Å². The van der Waals surface area contributed by atoms with E-state index in [0.29, 0.717) is 18.1 Å². The van der Waals surface area contributed by atoms with Crippen LogP contribution in [0.5, 0.6) is 0 Å². The number of carbonyl (C=O) groups excluding carboxylic acids is 1. The van der Waals surface area contributed by atoms with E-state index < -0.39 is 9.84 Å². The highest BCUT2D eigenvalue weighted by Crippen LogP contribution is 2.22. The number of thioether (sulfide) groups is 1. The van der Waals surface area contributed by atoms with Crippen LogP contribution in [0, 0.1) is 0 Å². The molecule has 1 aromatic heterocycles. The molecule has 25 heavy (non-hydrogen) atoms. The van der Waals surface area contributed by atoms with Gasteiger partial charge in [-0.25, -0.2) is 18.4 Å². The van der Waals surface area contributed by atoms with E-state index >= 15 is 0 Å². The van der Waals surface area contributed by atoms with Gasteiger partial charge in [-0.05, 0) is 18.1 Å². The average Bonchev–Trinajstić information content (AvgIpc) is 2.99. The molecule has 1 unspecified atom stereocenters. The van der Waals surface area contributed by atoms with Gasteiger partial charge in [-0.3, -0.25) is 4.79 Å². The fourth-order valence-electron chi connectivity index (χ4n) is 2.79. The van der Waals surface area contributed by atoms with Gasteiger partial charge in [0.25, 0.3) is 0 Å². The number of rotatable bonds is 6. The smallest absolute Gasteiger partial charge is 0.233 e. The number of nitrogens with zero attached hydrogens (tertiary/aromatic N) is 3. The third-order valence-corrected chi connectivity index (χ3v) is 6.64. The summed E-state index contributed by atoms with van der Waals surface area (Å²) >= 11 is 1.26. The van der Waals surface area contributed by atoms with Crippen LogP contribution in [0.1, 0.15) is 12.0 Å². The Morgan fingerprint density at radius 3 is 2.52 bits per heavy atom. The molecule has 6 nitrogen and oxygen atoms in total. The van der Waals surface area contributed by atoms with Crippen molar-refractivity contribution >= 4 is 27.5 Å². The zero-order chi connectivity index (χ0) is 17.7. The maximum atomic E-state index is 12.8. The molecule has 0 aliphatic carbocycles. The molecule has 0 bridgehead atoms. The summed E-state index contributed by atoms with van der Waals surface area (Å²) in [6, 6.07) is 11.1. The first-order valence-corrected chi connectivity index (χ1v) is 10.8. The van der Waals surface area contributed by atoms with Crippen LogP contribution in [0.3, 0.4) is 0 Å². The SMILES string of the molecule is O=C(CSc1ncccn1)N(Cc1ccccc1)C1CCS(=O)(=O)C1. The number of hydrogen-bond acceptors (Lipinski definition) is 6. The molecule has 0 radical (unpaired) electrons. The standard InChI is InChI=1S/C17H19N3O3S2/c21-16(12-24-17-18-8-4-9-19-17)20(11-14-5-2-1-3-6-14)15-7-10-25(22,23)13-15/h1-6,8-9,15H,7,10-13H2. The molecule has 1 saturated heterocycles. The van der Waals surface area contributed by atoms with Crippen molar-refractivity contribution in [1.29, 1.82) is 0 Å². The fraction of sp³-hybridized carbons (Fsp3) is 0.353. The molecule has 8 heteroatoms. The number of benzene rings is 1. The molecule has 0 spiro atoms. The van der Waals surface area contributed by atoms with Gasteiger partial charge in [0.15, 0.2) is 15.0 Å². The van der Waals surface area contributed by atoms with Gasteiger partial charge in [0.05, 0.1) is 17.3 Å². The first-order valence-electron chi connectivity index (χ1n) is 7.97. The minimum atomic E-state index is -3.06. The van der Waals surface area contributed by atoms with Crippen molar-refractivity contribution in [3.8, 4) is 0 Å². The Morgan fingerprint density at radius 1 is 1.16 bits per heavy atom. The third kappa shape index (κ3) is 5.02. The number of carbonyl (C=O) groups is 1. The van der Waals surface area contributed by atoms with E-state index in [0.717, 1.165) is 5.56 Å². The normalized spacial score (nSPS) is 18.8. The quantitative estimate of drug-likeness (QED) is 0.564. The lowest BCUT2D eigenvalue weighted by molar-refractivity contribution is -0.130. The van der Waals surface area contributed by atoms with Crippen molar-refractivity contribution in [2.24, 2.45) is 0 Å². The van der Waals surface area contributed by atoms with Gasteiger partial charge in [-0.2, -0.15) is 0 Å². The van der Waals surface area contributed by atoms with Crippen molar-refractivity contribution in [2.45, 2.75) is 24.2 Å². The zero-order valence-electron chi connectivity index (χ0n) is 13.6. The van der Waals surface area contributed by atoms with Crippen LogP contribution >= 0.6 is 11.8 Å². The molecule has 2 heterocycles. The van der Waals surface area contributed by atoms with Crippen LogP contribution < -0.4 is 0 Å². The number of sulfone groups is 1. The van der Waals surface area contributed by atoms with E-state index in [2.05, 4.69) is 9.97 Å². The summed E-state index contributed by atoms with van der Waals surface area (Å²) in [5, 5.41) is 0.537. The van der Waals surface area contributed by atoms with E-state index in [-0.39, 0.29) is 29.2 Å². The summed E-state index contributed by atoms with van der Waals surface area (Å²) in [5.74, 6) is 0.278. The van der Waals surface area contributed by atoms with Crippen LogP contribution in [-0.2, 0) is 21.2 Å². The van der Waals surface area contributed by atoms with Gasteiger partial charge in [-0.15, -0.1) is 0 Å². The predicted octanol–water partition coefficient (Wildman–Crippen LogP) is 1.78. The van der Waals surface area contributed by atoms with Gasteiger partial charge in [0.2, 0.25) is 5.91 Å². The van der Waals surface area contributed by atoms with Gasteiger partial charge >= 0.3 is 0 Å². The second-order valence-corrected chi connectivity index (χ2v) is 9.06. The molecule has 132 valence electrons. The van der Waals surface area contributed by atoms with Gasteiger partial charge in [-0.1, -0.05) is 42.1 Å². The molecule has 1 aliphatic rings. The molecule has 1 aromatic carbocycles. The first-order chi connectivity index (χ1) is 12.0. The van der Waals surface area contributed by atoms with E-state index in [1.165, 1.54) is 11.8 Å². The molecule has 1 amide bonds. The molecule has 3 rings (SSSR count). The number of amides is 1. The van der Waals surface area contributed by atoms with E-state index in [1.807, 2.05) is 30.3 Å². The van der Waals surface area contributed by atoms with Crippen molar-refractivity contribution in [3.63, 3.8) is 0 Å². The van der Waals surface area contributed by atoms with Crippen LogP contribution in [-0.4, -0.2) is 52.5 Å². The highest BCUT2D eigenvalue weighted by molar-refractivity contribution is 7.99. The van der Waals surface area contributed by atoms with Crippen molar-refractivity contribution in [2.75, 3.05) is 17.3 Å². The minimum absolute atomic E-state index is 0.0398. The van der Waals surface area contributed by atoms with Crippen LogP contribution in [0.15, 0.2) is 53.9 Å². The lowest BCUT2D eigenvalue weighted by atomic mass is 10.1. The maximum Gasteiger partial charge on any atom is 0.233 e. The Morgan fingerprint density at radius 2 is 1.88 bits per heavy atom. The molecule has 1 fully saturated rings. The molecular formula is C17H19N3O3S2. The lowest BCUT2D eigenvalue weighted by Crippen LogP contribution is -2.41. The average molecular weight is 377 g/mol. The monoisotopic (exact) mass is 377 g/mol. The maximum absolute atomic E-state index is 12.8. The Hall–Kier alpha value is -1.93. The predicted molar refractivity (Wildman–Crippen MR) is 96.8 cm³/mol. The second kappa shape index (κ2) is 7.97. The van der Waals surface area contributed by atoms with Crippen molar-refractivity contribution in [1.82, 2.24) is 14.9 Å². The summed E-state index contributed by atoms with van der Waals surface area (Å²) in [6.07, 6.45) is 3.75. The molecule has 0 N–H and O–H groups in total. The molecule has 2 aromatic rings. The summed E-state index contributed by atoms with van der Waals surface area (Å²) in [4.78, 5) is 22.7. The summed E-state index contributed by atoms with van der Waals surface area (Å²) in [7, 11) is -3.06. The van der Waals surface area contributed by atoms with Crippen LogP contribution in [0.2, 0.25) is 0 Å². The first kappa shape index (κ1) is 17.9. The molecule has 0 saturated carbocycles. The highest BCUT2D eigenvalue weighted by Gasteiger charge is 2.34. The Kier molecular flexibility index (Phi) is 5.70. The Balaban J connectivity index is 1.72. The van der Waals surface area contributed by atoms with Crippen LogP contribution in [0.25, 0.3) is 0 Å². The minimum Gasteiger partial charge on any atom is -0.334 e. The summed E-state index contributed by atoms with van der Waals surface area (Å²) in [6.45, 7) is 0.413. The van der Waals surface area contributed by atoms with Gasteiger partial charge in [0.1, 0.15) is 0 Å². The molecular weight excluding hydrogens is 358 g/mol. The second-order valence-electron chi connectivity index (χ2n) is 5.88. The van der Waals surface area contributed by atoms with Crippen molar-refractivity contribution in [3.05, 3.63) is 54.4 Å². The van der Waals surface area contributed by atoms with E-state index in [4.69, 9.17) is 0 Å². The number of aromatic nitrogens is 2. The van der Waals surface area contributed by atoms with Crippen molar-refractivity contribution < 1.29 is 13.2 Å². The molecule has 1 atom stereocenters. The largest absolute Gasteiger partial charge is 0.334 e. The highest BCUT2D eigenvalue weighted by atomic mass is 32.2. The Bertz CT molecular complexity index is 814. The fourth-order valence-corrected chi connectivity index (χ4v) is 5.21. The zero-order valence-corrected chi connectivity index (χ0v) is 15.2. The molecule has 1 aliphatic heterocycles. The lowest BCUT2D eigenvalue weighted by Gasteiger charge is -2.28. The van der Waals surface area contributed by atoms with Gasteiger partial charge in [0, 0.05) is 25.0 Å².